The van der Waals surface area contributed by atoms with Crippen LogP contribution in [0.1, 0.15) is 55.5 Å². The summed E-state index contributed by atoms with van der Waals surface area (Å²) in [5, 5.41) is 13.3. The van der Waals surface area contributed by atoms with Gasteiger partial charge in [0.1, 0.15) is 5.82 Å². The lowest BCUT2D eigenvalue weighted by Crippen LogP contribution is -2.46. The summed E-state index contributed by atoms with van der Waals surface area (Å²) >= 11 is 0. The van der Waals surface area contributed by atoms with Crippen LogP contribution in [0.25, 0.3) is 0 Å². The third-order valence-corrected chi connectivity index (χ3v) is 4.53. The van der Waals surface area contributed by atoms with Crippen LogP contribution in [0.5, 0.6) is 0 Å². The lowest BCUT2D eigenvalue weighted by molar-refractivity contribution is -0.0233. The number of nitrogens with one attached hydrogen (secondary N) is 1. The Morgan fingerprint density at radius 1 is 1.29 bits per heavy atom. The van der Waals surface area contributed by atoms with Crippen molar-refractivity contribution in [1.82, 2.24) is 5.32 Å². The van der Waals surface area contributed by atoms with Crippen LogP contribution >= 0.6 is 0 Å². The third kappa shape index (κ3) is 4.03. The molecule has 1 amide bonds. The lowest BCUT2D eigenvalue weighted by atomic mass is 9.71. The summed E-state index contributed by atoms with van der Waals surface area (Å²) in [6.07, 6.45) is 3.30. The highest BCUT2D eigenvalue weighted by Gasteiger charge is 2.36. The third-order valence-electron chi connectivity index (χ3n) is 4.53. The molecule has 1 fully saturated rings. The molecule has 0 aromatic heterocycles. The van der Waals surface area contributed by atoms with E-state index < -0.39 is 5.60 Å². The molecule has 1 aromatic carbocycles. The smallest absolute Gasteiger partial charge is 0.251 e. The number of aliphatic hydroxyl groups is 1. The first-order valence-electron chi connectivity index (χ1n) is 7.48. The van der Waals surface area contributed by atoms with Gasteiger partial charge in [-0.1, -0.05) is 13.8 Å². The van der Waals surface area contributed by atoms with Crippen LogP contribution in [-0.2, 0) is 0 Å². The summed E-state index contributed by atoms with van der Waals surface area (Å²) in [4.78, 5) is 12.1. The Kier molecular flexibility index (Phi) is 4.38. The summed E-state index contributed by atoms with van der Waals surface area (Å²) in [5.74, 6) is -0.587. The SMILES string of the molecule is Cc1cc(C(=O)NCC2(O)CCC(C)(C)CC2)ccc1F. The van der Waals surface area contributed by atoms with E-state index in [1.807, 2.05) is 0 Å². The number of aryl methyl sites for hydroxylation is 1. The summed E-state index contributed by atoms with van der Waals surface area (Å²) in [6.45, 7) is 6.28. The second-order valence-electron chi connectivity index (χ2n) is 7.04. The number of carbonyl (C=O) groups excluding carboxylic acids is 1. The molecule has 1 aliphatic rings. The van der Waals surface area contributed by atoms with Crippen molar-refractivity contribution >= 4 is 5.91 Å². The van der Waals surface area contributed by atoms with Gasteiger partial charge < -0.3 is 10.4 Å². The predicted molar refractivity (Wildman–Crippen MR) is 80.7 cm³/mol. The first-order valence-corrected chi connectivity index (χ1v) is 7.48. The van der Waals surface area contributed by atoms with E-state index in [0.717, 1.165) is 12.8 Å². The van der Waals surface area contributed by atoms with Crippen LogP contribution in [0, 0.1) is 18.2 Å². The summed E-state index contributed by atoms with van der Waals surface area (Å²) < 4.78 is 13.2. The molecule has 2 N–H and O–H groups in total. The Bertz CT molecular complexity index is 530. The maximum atomic E-state index is 13.2. The monoisotopic (exact) mass is 293 g/mol. The van der Waals surface area contributed by atoms with E-state index in [1.165, 1.54) is 18.2 Å². The molecule has 2 rings (SSSR count). The highest BCUT2D eigenvalue weighted by molar-refractivity contribution is 5.94. The van der Waals surface area contributed by atoms with Crippen LogP contribution < -0.4 is 5.32 Å². The number of benzene rings is 1. The van der Waals surface area contributed by atoms with Crippen molar-refractivity contribution in [2.75, 3.05) is 6.54 Å². The first kappa shape index (κ1) is 16.0. The molecule has 4 heteroatoms. The van der Waals surface area contributed by atoms with Crippen molar-refractivity contribution in [2.45, 2.75) is 52.1 Å². The molecule has 1 aliphatic carbocycles. The van der Waals surface area contributed by atoms with E-state index in [0.29, 0.717) is 24.0 Å². The molecule has 0 unspecified atom stereocenters. The van der Waals surface area contributed by atoms with Crippen molar-refractivity contribution in [3.8, 4) is 0 Å². The van der Waals surface area contributed by atoms with Crippen molar-refractivity contribution in [3.63, 3.8) is 0 Å². The number of carbonyl (C=O) groups is 1. The van der Waals surface area contributed by atoms with E-state index in [2.05, 4.69) is 19.2 Å². The molecular formula is C17H24FNO2. The lowest BCUT2D eigenvalue weighted by Gasteiger charge is -2.40. The minimum absolute atomic E-state index is 0.248. The Morgan fingerprint density at radius 3 is 2.48 bits per heavy atom. The molecule has 0 spiro atoms. The summed E-state index contributed by atoms with van der Waals surface area (Å²) in [7, 11) is 0. The normalized spacial score (nSPS) is 20.0. The highest BCUT2D eigenvalue weighted by atomic mass is 19.1. The molecule has 0 bridgehead atoms. The highest BCUT2D eigenvalue weighted by Crippen LogP contribution is 2.39. The van der Waals surface area contributed by atoms with Gasteiger partial charge in [0.05, 0.1) is 5.60 Å². The average molecular weight is 293 g/mol. The molecule has 3 nitrogen and oxygen atoms in total. The van der Waals surface area contributed by atoms with Gasteiger partial charge in [-0.25, -0.2) is 4.39 Å². The number of amides is 1. The van der Waals surface area contributed by atoms with Crippen molar-refractivity contribution in [3.05, 3.63) is 35.1 Å². The zero-order valence-electron chi connectivity index (χ0n) is 13.0. The number of hydrogen-bond acceptors (Lipinski definition) is 2. The maximum Gasteiger partial charge on any atom is 0.251 e. The van der Waals surface area contributed by atoms with Gasteiger partial charge in [0.25, 0.3) is 5.91 Å². The molecule has 0 aliphatic heterocycles. The fourth-order valence-corrected chi connectivity index (χ4v) is 2.70. The number of rotatable bonds is 3. The zero-order chi connectivity index (χ0) is 15.7. The fraction of sp³-hybridized carbons (Fsp3) is 0.588. The standard InChI is InChI=1S/C17H24FNO2/c1-12-10-13(4-5-14(12)18)15(20)19-11-17(21)8-6-16(2,3)7-9-17/h4-5,10,21H,6-9,11H2,1-3H3,(H,19,20). The van der Waals surface area contributed by atoms with Crippen LogP contribution in [0.3, 0.4) is 0 Å². The Hall–Kier alpha value is -1.42. The summed E-state index contributed by atoms with van der Waals surface area (Å²) in [6, 6.07) is 4.28. The largest absolute Gasteiger partial charge is 0.388 e. The van der Waals surface area contributed by atoms with Gasteiger partial charge in [-0.2, -0.15) is 0 Å². The molecule has 116 valence electrons. The van der Waals surface area contributed by atoms with Crippen LogP contribution in [0.2, 0.25) is 0 Å². The van der Waals surface area contributed by atoms with Crippen LogP contribution in [-0.4, -0.2) is 23.2 Å². The fourth-order valence-electron chi connectivity index (χ4n) is 2.70. The molecule has 0 atom stereocenters. The quantitative estimate of drug-likeness (QED) is 0.899. The van der Waals surface area contributed by atoms with Crippen molar-refractivity contribution in [2.24, 2.45) is 5.41 Å². The molecule has 0 saturated heterocycles. The van der Waals surface area contributed by atoms with Crippen molar-refractivity contribution in [1.29, 1.82) is 0 Å². The van der Waals surface area contributed by atoms with Crippen LogP contribution in [0.15, 0.2) is 18.2 Å². The van der Waals surface area contributed by atoms with Crippen LogP contribution in [0.4, 0.5) is 4.39 Å². The molecule has 1 aromatic rings. The van der Waals surface area contributed by atoms with Gasteiger partial charge in [0.15, 0.2) is 0 Å². The zero-order valence-corrected chi connectivity index (χ0v) is 13.0. The molecule has 21 heavy (non-hydrogen) atoms. The predicted octanol–water partition coefficient (Wildman–Crippen LogP) is 3.20. The van der Waals surface area contributed by atoms with Crippen molar-refractivity contribution < 1.29 is 14.3 Å². The molecule has 0 heterocycles. The van der Waals surface area contributed by atoms with Gasteiger partial charge >= 0.3 is 0 Å². The van der Waals surface area contributed by atoms with E-state index in [9.17, 15) is 14.3 Å². The van der Waals surface area contributed by atoms with E-state index >= 15 is 0 Å². The van der Waals surface area contributed by atoms with Gasteiger partial charge in [-0.3, -0.25) is 4.79 Å². The number of hydrogen-bond donors (Lipinski definition) is 2. The summed E-state index contributed by atoms with van der Waals surface area (Å²) in [5.41, 5.74) is 0.319. The van der Waals surface area contributed by atoms with E-state index in [4.69, 9.17) is 0 Å². The van der Waals surface area contributed by atoms with E-state index in [-0.39, 0.29) is 23.7 Å². The molecule has 0 radical (unpaired) electrons. The molecular weight excluding hydrogens is 269 g/mol. The average Bonchev–Trinajstić information content (AvgIpc) is 2.43. The second-order valence-corrected chi connectivity index (χ2v) is 7.04. The first-order chi connectivity index (χ1) is 9.71. The Labute approximate surface area is 125 Å². The minimum atomic E-state index is -0.819. The van der Waals surface area contributed by atoms with Gasteiger partial charge in [-0.05, 0) is 61.8 Å². The van der Waals surface area contributed by atoms with Gasteiger partial charge in [0.2, 0.25) is 0 Å². The topological polar surface area (TPSA) is 49.3 Å². The second kappa shape index (κ2) is 5.76. The minimum Gasteiger partial charge on any atom is -0.388 e. The number of halogens is 1. The Morgan fingerprint density at radius 2 is 1.90 bits per heavy atom. The Balaban J connectivity index is 1.93. The maximum absolute atomic E-state index is 13.2. The van der Waals surface area contributed by atoms with E-state index in [1.54, 1.807) is 6.92 Å². The molecule has 1 saturated carbocycles. The van der Waals surface area contributed by atoms with Gasteiger partial charge in [-0.15, -0.1) is 0 Å². The van der Waals surface area contributed by atoms with Gasteiger partial charge in [0, 0.05) is 12.1 Å².